The molecule has 2 heterocycles. The van der Waals surface area contributed by atoms with Crippen LogP contribution in [0, 0.1) is 0 Å². The second-order valence-electron chi connectivity index (χ2n) is 5.22. The highest BCUT2D eigenvalue weighted by atomic mass is 32.2. The summed E-state index contributed by atoms with van der Waals surface area (Å²) in [4.78, 5) is 19.8. The third kappa shape index (κ3) is 3.48. The number of nitrogens with zero attached hydrogens (tertiary/aromatic N) is 2. The van der Waals surface area contributed by atoms with Crippen molar-refractivity contribution in [3.05, 3.63) is 54.2 Å². The Hall–Kier alpha value is -1.85. The van der Waals surface area contributed by atoms with E-state index >= 15 is 0 Å². The van der Waals surface area contributed by atoms with E-state index in [-0.39, 0.29) is 11.9 Å². The van der Waals surface area contributed by atoms with Crippen LogP contribution in [-0.2, 0) is 4.74 Å². The maximum atomic E-state index is 12.5. The van der Waals surface area contributed by atoms with Crippen molar-refractivity contribution in [2.75, 3.05) is 19.8 Å². The van der Waals surface area contributed by atoms with Crippen LogP contribution >= 0.6 is 11.8 Å². The number of hydrogen-bond donors (Lipinski definition) is 0. The Balaban J connectivity index is 1.69. The molecule has 0 bridgehead atoms. The molecule has 0 saturated carbocycles. The molecule has 2 aromatic rings. The van der Waals surface area contributed by atoms with Crippen LogP contribution < -0.4 is 0 Å². The normalized spacial score (nSPS) is 18.2. The Morgan fingerprint density at radius 1 is 1.27 bits per heavy atom. The Kier molecular flexibility index (Phi) is 4.75. The van der Waals surface area contributed by atoms with Crippen LogP contribution in [0.1, 0.15) is 17.3 Å². The second kappa shape index (κ2) is 6.94. The molecular formula is C17H18N2O2S. The van der Waals surface area contributed by atoms with Gasteiger partial charge in [0.15, 0.2) is 0 Å². The maximum Gasteiger partial charge on any atom is 0.254 e. The van der Waals surface area contributed by atoms with E-state index in [1.54, 1.807) is 18.0 Å². The first kappa shape index (κ1) is 15.1. The summed E-state index contributed by atoms with van der Waals surface area (Å²) >= 11 is 1.59. The molecule has 1 saturated heterocycles. The Bertz CT molecular complexity index is 631. The maximum absolute atomic E-state index is 12.5. The Morgan fingerprint density at radius 3 is 2.77 bits per heavy atom. The van der Waals surface area contributed by atoms with E-state index in [2.05, 4.69) is 4.98 Å². The molecular weight excluding hydrogens is 296 g/mol. The van der Waals surface area contributed by atoms with Crippen LogP contribution in [0.2, 0.25) is 0 Å². The van der Waals surface area contributed by atoms with E-state index < -0.39 is 0 Å². The van der Waals surface area contributed by atoms with Gasteiger partial charge in [0, 0.05) is 23.2 Å². The average molecular weight is 314 g/mol. The van der Waals surface area contributed by atoms with Gasteiger partial charge in [-0.2, -0.15) is 0 Å². The van der Waals surface area contributed by atoms with Gasteiger partial charge in [0.05, 0.1) is 19.3 Å². The first-order chi connectivity index (χ1) is 10.7. The number of hydrogen-bond acceptors (Lipinski definition) is 4. The second-order valence-corrected chi connectivity index (χ2v) is 6.31. The van der Waals surface area contributed by atoms with Crippen molar-refractivity contribution >= 4 is 17.7 Å². The summed E-state index contributed by atoms with van der Waals surface area (Å²) in [5, 5.41) is 0.948. The number of carbonyl (C=O) groups excluding carboxylic acids is 1. The largest absolute Gasteiger partial charge is 0.377 e. The number of ether oxygens (including phenoxy) is 1. The van der Waals surface area contributed by atoms with Crippen molar-refractivity contribution < 1.29 is 9.53 Å². The standard InChI is InChI=1S/C17H18N2O2S/c1-13-12-21-11-10-19(13)17(20)14-5-7-15(8-6-14)22-16-4-2-3-9-18-16/h2-9,13H,10-12H2,1H3/t13-/m0/s1. The average Bonchev–Trinajstić information content (AvgIpc) is 2.56. The molecule has 1 aliphatic heterocycles. The van der Waals surface area contributed by atoms with E-state index in [1.807, 2.05) is 54.3 Å². The van der Waals surface area contributed by atoms with Crippen molar-refractivity contribution in [3.63, 3.8) is 0 Å². The molecule has 1 aliphatic rings. The number of rotatable bonds is 3. The van der Waals surface area contributed by atoms with Crippen LogP contribution in [0.25, 0.3) is 0 Å². The molecule has 0 spiro atoms. The van der Waals surface area contributed by atoms with Crippen LogP contribution in [0.15, 0.2) is 58.6 Å². The smallest absolute Gasteiger partial charge is 0.254 e. The molecule has 5 heteroatoms. The number of carbonyl (C=O) groups is 1. The van der Waals surface area contributed by atoms with Gasteiger partial charge in [-0.25, -0.2) is 4.98 Å². The summed E-state index contributed by atoms with van der Waals surface area (Å²) in [7, 11) is 0. The van der Waals surface area contributed by atoms with Crippen LogP contribution in [0.4, 0.5) is 0 Å². The fraction of sp³-hybridized carbons (Fsp3) is 0.294. The first-order valence-electron chi connectivity index (χ1n) is 7.32. The highest BCUT2D eigenvalue weighted by Gasteiger charge is 2.24. The van der Waals surface area contributed by atoms with Crippen LogP contribution in [0.3, 0.4) is 0 Å². The van der Waals surface area contributed by atoms with Gasteiger partial charge in [0.1, 0.15) is 5.03 Å². The highest BCUT2D eigenvalue weighted by Crippen LogP contribution is 2.26. The SMILES string of the molecule is C[C@H]1COCCN1C(=O)c1ccc(Sc2ccccn2)cc1. The molecule has 4 nitrogen and oxygen atoms in total. The summed E-state index contributed by atoms with van der Waals surface area (Å²) in [6, 6.07) is 13.7. The lowest BCUT2D eigenvalue weighted by Crippen LogP contribution is -2.47. The van der Waals surface area contributed by atoms with E-state index in [0.29, 0.717) is 19.8 Å². The summed E-state index contributed by atoms with van der Waals surface area (Å²) in [6.45, 7) is 3.90. The van der Waals surface area contributed by atoms with Gasteiger partial charge in [0.2, 0.25) is 0 Å². The number of pyridine rings is 1. The lowest BCUT2D eigenvalue weighted by atomic mass is 10.1. The zero-order valence-electron chi connectivity index (χ0n) is 12.4. The van der Waals surface area contributed by atoms with Gasteiger partial charge in [-0.3, -0.25) is 4.79 Å². The van der Waals surface area contributed by atoms with Gasteiger partial charge >= 0.3 is 0 Å². The minimum absolute atomic E-state index is 0.0742. The minimum Gasteiger partial charge on any atom is -0.377 e. The van der Waals surface area contributed by atoms with Crippen molar-refractivity contribution in [1.29, 1.82) is 0 Å². The van der Waals surface area contributed by atoms with E-state index in [1.165, 1.54) is 0 Å². The number of morpholine rings is 1. The van der Waals surface area contributed by atoms with Gasteiger partial charge in [-0.05, 0) is 43.3 Å². The molecule has 0 unspecified atom stereocenters. The number of benzene rings is 1. The number of aromatic nitrogens is 1. The quantitative estimate of drug-likeness (QED) is 0.873. The summed E-state index contributed by atoms with van der Waals surface area (Å²) in [5.74, 6) is 0.0742. The fourth-order valence-corrected chi connectivity index (χ4v) is 3.16. The Morgan fingerprint density at radius 2 is 2.09 bits per heavy atom. The van der Waals surface area contributed by atoms with Crippen LogP contribution in [0.5, 0.6) is 0 Å². The molecule has 1 fully saturated rings. The lowest BCUT2D eigenvalue weighted by Gasteiger charge is -2.33. The third-order valence-corrected chi connectivity index (χ3v) is 4.55. The molecule has 1 atom stereocenters. The van der Waals surface area contributed by atoms with Crippen molar-refractivity contribution in [1.82, 2.24) is 9.88 Å². The number of amides is 1. The van der Waals surface area contributed by atoms with Gasteiger partial charge in [0.25, 0.3) is 5.91 Å². The summed E-state index contributed by atoms with van der Waals surface area (Å²) in [6.07, 6.45) is 1.78. The van der Waals surface area contributed by atoms with Gasteiger partial charge < -0.3 is 9.64 Å². The van der Waals surface area contributed by atoms with Gasteiger partial charge in [-0.15, -0.1) is 0 Å². The molecule has 3 rings (SSSR count). The Labute approximate surface area is 134 Å². The fourth-order valence-electron chi connectivity index (χ4n) is 2.39. The molecule has 0 aliphatic carbocycles. The van der Waals surface area contributed by atoms with E-state index in [4.69, 9.17) is 4.74 Å². The predicted molar refractivity (Wildman–Crippen MR) is 86.1 cm³/mol. The summed E-state index contributed by atoms with van der Waals surface area (Å²) < 4.78 is 5.38. The third-order valence-electron chi connectivity index (χ3n) is 3.59. The minimum atomic E-state index is 0.0742. The molecule has 114 valence electrons. The van der Waals surface area contributed by atoms with Crippen LogP contribution in [-0.4, -0.2) is 41.6 Å². The van der Waals surface area contributed by atoms with Crippen molar-refractivity contribution in [2.45, 2.75) is 22.9 Å². The molecule has 22 heavy (non-hydrogen) atoms. The molecule has 1 amide bonds. The zero-order chi connectivity index (χ0) is 15.4. The zero-order valence-corrected chi connectivity index (χ0v) is 13.3. The molecule has 0 N–H and O–H groups in total. The van der Waals surface area contributed by atoms with E-state index in [0.717, 1.165) is 15.5 Å². The topological polar surface area (TPSA) is 42.4 Å². The lowest BCUT2D eigenvalue weighted by molar-refractivity contribution is 0.00359. The van der Waals surface area contributed by atoms with Crippen molar-refractivity contribution in [3.8, 4) is 0 Å². The highest BCUT2D eigenvalue weighted by molar-refractivity contribution is 7.99. The monoisotopic (exact) mass is 314 g/mol. The first-order valence-corrected chi connectivity index (χ1v) is 8.13. The predicted octanol–water partition coefficient (Wildman–Crippen LogP) is 3.09. The molecule has 1 aromatic heterocycles. The molecule has 0 radical (unpaired) electrons. The van der Waals surface area contributed by atoms with Gasteiger partial charge in [-0.1, -0.05) is 17.8 Å². The van der Waals surface area contributed by atoms with E-state index in [9.17, 15) is 4.79 Å². The van der Waals surface area contributed by atoms with Crippen molar-refractivity contribution in [2.24, 2.45) is 0 Å². The summed E-state index contributed by atoms with van der Waals surface area (Å²) in [5.41, 5.74) is 0.721. The molecule has 1 aromatic carbocycles.